The van der Waals surface area contributed by atoms with E-state index in [2.05, 4.69) is 57.9 Å². The van der Waals surface area contributed by atoms with Crippen molar-refractivity contribution in [1.29, 1.82) is 0 Å². The zero-order chi connectivity index (χ0) is 22.5. The van der Waals surface area contributed by atoms with Crippen LogP contribution in [0.1, 0.15) is 57.2 Å². The molecule has 31 heavy (non-hydrogen) atoms. The Hall–Kier alpha value is -3.05. The van der Waals surface area contributed by atoms with Crippen LogP contribution < -0.4 is 4.74 Å². The van der Waals surface area contributed by atoms with Crippen LogP contribution in [0, 0.1) is 18.2 Å². The molecule has 0 bridgehead atoms. The van der Waals surface area contributed by atoms with Crippen LogP contribution in [0.4, 0.5) is 4.39 Å². The van der Waals surface area contributed by atoms with Gasteiger partial charge in [-0.05, 0) is 72.6 Å². The second-order valence-corrected chi connectivity index (χ2v) is 9.34. The van der Waals surface area contributed by atoms with Crippen LogP contribution in [0.3, 0.4) is 0 Å². The normalized spacial score (nSPS) is 13.3. The van der Waals surface area contributed by atoms with Gasteiger partial charge < -0.3 is 4.74 Å². The Morgan fingerprint density at radius 3 is 2.13 bits per heavy atom. The predicted molar refractivity (Wildman–Crippen MR) is 127 cm³/mol. The molecule has 1 atom stereocenters. The number of rotatable bonds is 7. The fourth-order valence-corrected chi connectivity index (χ4v) is 3.68. The van der Waals surface area contributed by atoms with Crippen molar-refractivity contribution in [2.45, 2.75) is 57.8 Å². The Morgan fingerprint density at radius 1 is 0.871 bits per heavy atom. The molecule has 0 aliphatic heterocycles. The van der Waals surface area contributed by atoms with Gasteiger partial charge in [0.15, 0.2) is 11.6 Å². The van der Waals surface area contributed by atoms with Gasteiger partial charge in [0, 0.05) is 0 Å². The lowest BCUT2D eigenvalue weighted by molar-refractivity contribution is 0.441. The Labute approximate surface area is 186 Å². The van der Waals surface area contributed by atoms with Crippen LogP contribution in [0.15, 0.2) is 72.8 Å². The van der Waals surface area contributed by atoms with E-state index in [1.54, 1.807) is 6.07 Å². The van der Waals surface area contributed by atoms with Crippen molar-refractivity contribution in [1.82, 2.24) is 0 Å². The zero-order valence-corrected chi connectivity index (χ0v) is 18.9. The number of hydrogen-bond donors (Lipinski definition) is 0. The van der Waals surface area contributed by atoms with Crippen molar-refractivity contribution in [2.75, 3.05) is 0 Å². The number of halogens is 1. The fourth-order valence-electron chi connectivity index (χ4n) is 3.68. The van der Waals surface area contributed by atoms with Crippen molar-refractivity contribution in [2.24, 2.45) is 0 Å². The first kappa shape index (κ1) is 22.6. The van der Waals surface area contributed by atoms with Gasteiger partial charge in [0.1, 0.15) is 5.75 Å². The largest absolute Gasteiger partial charge is 0.454 e. The molecule has 2 heteroatoms. The van der Waals surface area contributed by atoms with E-state index in [9.17, 15) is 4.39 Å². The summed E-state index contributed by atoms with van der Waals surface area (Å²) in [4.78, 5) is 0. The van der Waals surface area contributed by atoms with Gasteiger partial charge in [-0.3, -0.25) is 0 Å². The summed E-state index contributed by atoms with van der Waals surface area (Å²) in [5.41, 5.74) is 3.28. The molecule has 3 rings (SSSR count). The monoisotopic (exact) mass is 414 g/mol. The molecule has 0 aromatic heterocycles. The predicted octanol–water partition coefficient (Wildman–Crippen LogP) is 7.83. The molecule has 0 spiro atoms. The summed E-state index contributed by atoms with van der Waals surface area (Å²) in [6.07, 6.45) is 8.51. The Bertz CT molecular complexity index is 1040. The molecule has 0 N–H and O–H groups in total. The summed E-state index contributed by atoms with van der Waals surface area (Å²) in [7, 11) is 0. The molecule has 1 nitrogen and oxygen atoms in total. The highest BCUT2D eigenvalue weighted by atomic mass is 19.1. The number of terminal acetylenes is 1. The minimum Gasteiger partial charge on any atom is -0.454 e. The third-order valence-corrected chi connectivity index (χ3v) is 5.82. The van der Waals surface area contributed by atoms with E-state index in [0.29, 0.717) is 5.75 Å². The lowest BCUT2D eigenvalue weighted by Crippen LogP contribution is -2.20. The summed E-state index contributed by atoms with van der Waals surface area (Å²) in [5, 5.41) is 0. The number of hydrogen-bond acceptors (Lipinski definition) is 1. The van der Waals surface area contributed by atoms with Crippen LogP contribution in [0.5, 0.6) is 11.5 Å². The van der Waals surface area contributed by atoms with E-state index in [4.69, 9.17) is 11.2 Å². The number of para-hydroxylation sites is 1. The van der Waals surface area contributed by atoms with Gasteiger partial charge in [-0.1, -0.05) is 75.2 Å². The second-order valence-electron chi connectivity index (χ2n) is 9.34. The number of ether oxygens (including phenoxy) is 1. The second kappa shape index (κ2) is 9.40. The van der Waals surface area contributed by atoms with E-state index >= 15 is 0 Å². The first-order chi connectivity index (χ1) is 14.7. The van der Waals surface area contributed by atoms with Gasteiger partial charge in [0.25, 0.3) is 0 Å². The SMILES string of the molecule is C#CC(C)(CCCc1ccc(F)c(Oc2ccccc2)c1)c1ccc(C(C)(C)C)cc1. The molecule has 1 unspecified atom stereocenters. The van der Waals surface area contributed by atoms with Crippen molar-refractivity contribution in [3.8, 4) is 23.8 Å². The highest BCUT2D eigenvalue weighted by molar-refractivity contribution is 5.38. The van der Waals surface area contributed by atoms with Crippen molar-refractivity contribution in [3.05, 3.63) is 95.3 Å². The molecule has 0 amide bonds. The summed E-state index contributed by atoms with van der Waals surface area (Å²) in [6, 6.07) is 23.0. The van der Waals surface area contributed by atoms with E-state index in [1.807, 2.05) is 36.4 Å². The van der Waals surface area contributed by atoms with Gasteiger partial charge in [-0.15, -0.1) is 6.42 Å². The maximum Gasteiger partial charge on any atom is 0.165 e. The minimum absolute atomic E-state index is 0.118. The van der Waals surface area contributed by atoms with Gasteiger partial charge in [0.2, 0.25) is 0 Å². The van der Waals surface area contributed by atoms with Gasteiger partial charge in [-0.2, -0.15) is 0 Å². The highest BCUT2D eigenvalue weighted by Gasteiger charge is 2.24. The van der Waals surface area contributed by atoms with Gasteiger partial charge >= 0.3 is 0 Å². The third kappa shape index (κ3) is 5.76. The molecule has 0 aliphatic rings. The molecule has 0 fully saturated rings. The zero-order valence-electron chi connectivity index (χ0n) is 18.9. The van der Waals surface area contributed by atoms with E-state index < -0.39 is 0 Å². The van der Waals surface area contributed by atoms with Crippen molar-refractivity contribution >= 4 is 0 Å². The topological polar surface area (TPSA) is 9.23 Å². The smallest absolute Gasteiger partial charge is 0.165 e. The Kier molecular flexibility index (Phi) is 6.86. The molecule has 0 radical (unpaired) electrons. The highest BCUT2D eigenvalue weighted by Crippen LogP contribution is 2.32. The summed E-state index contributed by atoms with van der Waals surface area (Å²) in [5.74, 6) is 3.52. The summed E-state index contributed by atoms with van der Waals surface area (Å²) >= 11 is 0. The summed E-state index contributed by atoms with van der Waals surface area (Å²) in [6.45, 7) is 8.75. The lowest BCUT2D eigenvalue weighted by Gasteiger charge is -2.26. The molecular formula is C29H31FO. The minimum atomic E-state index is -0.361. The number of aryl methyl sites for hydroxylation is 1. The van der Waals surface area contributed by atoms with Crippen molar-refractivity contribution in [3.63, 3.8) is 0 Å². The Morgan fingerprint density at radius 2 is 1.52 bits per heavy atom. The maximum atomic E-state index is 14.2. The Balaban J connectivity index is 1.67. The van der Waals surface area contributed by atoms with E-state index in [-0.39, 0.29) is 22.4 Å². The fraction of sp³-hybridized carbons (Fsp3) is 0.310. The standard InChI is InChI=1S/C29H31FO/c1-6-29(5,24-17-15-23(16-18-24)28(2,3)4)20-10-11-22-14-19-26(30)27(21-22)31-25-12-8-7-9-13-25/h1,7-9,12-19,21H,10-11,20H2,2-5H3. The van der Waals surface area contributed by atoms with E-state index in [1.165, 1.54) is 11.6 Å². The maximum absolute atomic E-state index is 14.2. The molecule has 0 heterocycles. The van der Waals surface area contributed by atoms with Crippen LogP contribution in [0.2, 0.25) is 0 Å². The number of benzene rings is 3. The molecule has 0 saturated heterocycles. The lowest BCUT2D eigenvalue weighted by atomic mass is 9.77. The van der Waals surface area contributed by atoms with Crippen LogP contribution >= 0.6 is 0 Å². The molecule has 3 aromatic carbocycles. The quantitative estimate of drug-likeness (QED) is 0.358. The first-order valence-electron chi connectivity index (χ1n) is 10.8. The van der Waals surface area contributed by atoms with E-state index in [0.717, 1.165) is 30.4 Å². The van der Waals surface area contributed by atoms with Crippen molar-refractivity contribution < 1.29 is 9.13 Å². The molecule has 0 saturated carbocycles. The molecule has 3 aromatic rings. The van der Waals surface area contributed by atoms with Gasteiger partial charge in [-0.25, -0.2) is 4.39 Å². The molecule has 0 aliphatic carbocycles. The molecular weight excluding hydrogens is 383 g/mol. The third-order valence-electron chi connectivity index (χ3n) is 5.82. The summed E-state index contributed by atoms with van der Waals surface area (Å²) < 4.78 is 19.9. The average Bonchev–Trinajstić information content (AvgIpc) is 2.76. The average molecular weight is 415 g/mol. The first-order valence-corrected chi connectivity index (χ1v) is 10.8. The molecule has 160 valence electrons. The van der Waals surface area contributed by atoms with Crippen LogP contribution in [0.25, 0.3) is 0 Å². The van der Waals surface area contributed by atoms with Crippen LogP contribution in [-0.4, -0.2) is 0 Å². The van der Waals surface area contributed by atoms with Gasteiger partial charge in [0.05, 0.1) is 5.41 Å². The van der Waals surface area contributed by atoms with Crippen LogP contribution in [-0.2, 0) is 17.3 Å².